The molecule has 1 aliphatic carbocycles. The van der Waals surface area contributed by atoms with Gasteiger partial charge in [-0.05, 0) is 39.2 Å². The topological polar surface area (TPSA) is 29.5 Å². The third-order valence-corrected chi connectivity index (χ3v) is 2.68. The summed E-state index contributed by atoms with van der Waals surface area (Å²) in [7, 11) is 0. The van der Waals surface area contributed by atoms with Gasteiger partial charge in [0.25, 0.3) is 0 Å². The van der Waals surface area contributed by atoms with Crippen LogP contribution in [-0.4, -0.2) is 17.3 Å². The molecule has 3 atom stereocenters. The van der Waals surface area contributed by atoms with Crippen molar-refractivity contribution in [2.45, 2.75) is 58.7 Å². The second-order valence-electron chi connectivity index (χ2n) is 4.45. The first-order valence-corrected chi connectivity index (χ1v) is 5.64. The van der Waals surface area contributed by atoms with Crippen LogP contribution in [0.2, 0.25) is 0 Å². The molecule has 1 N–H and O–H groups in total. The van der Waals surface area contributed by atoms with Gasteiger partial charge >= 0.3 is 0 Å². The molecule has 3 unspecified atom stereocenters. The van der Waals surface area contributed by atoms with Crippen LogP contribution in [0.3, 0.4) is 0 Å². The van der Waals surface area contributed by atoms with E-state index in [2.05, 4.69) is 13.0 Å². The Bertz CT molecular complexity index is 196. The van der Waals surface area contributed by atoms with Crippen molar-refractivity contribution in [3.63, 3.8) is 0 Å². The monoisotopic (exact) mass is 198 g/mol. The first-order valence-electron chi connectivity index (χ1n) is 5.64. The summed E-state index contributed by atoms with van der Waals surface area (Å²) in [5, 5.41) is 9.22. The zero-order chi connectivity index (χ0) is 10.6. The van der Waals surface area contributed by atoms with Gasteiger partial charge in [-0.1, -0.05) is 6.92 Å². The second kappa shape index (κ2) is 5.40. The fourth-order valence-electron chi connectivity index (χ4n) is 1.94. The maximum Gasteiger partial charge on any atom is 0.0979 e. The summed E-state index contributed by atoms with van der Waals surface area (Å²) in [6, 6.07) is 0. The van der Waals surface area contributed by atoms with Crippen molar-refractivity contribution in [1.82, 2.24) is 0 Å². The number of allylic oxidation sites excluding steroid dienone is 2. The lowest BCUT2D eigenvalue weighted by Crippen LogP contribution is -2.18. The third-order valence-electron chi connectivity index (χ3n) is 2.68. The highest BCUT2D eigenvalue weighted by molar-refractivity contribution is 5.01. The highest BCUT2D eigenvalue weighted by atomic mass is 16.5. The van der Waals surface area contributed by atoms with Crippen molar-refractivity contribution in [3.8, 4) is 0 Å². The van der Waals surface area contributed by atoms with Crippen molar-refractivity contribution in [2.24, 2.45) is 5.92 Å². The van der Waals surface area contributed by atoms with E-state index in [0.29, 0.717) is 12.3 Å². The molecule has 2 heteroatoms. The Morgan fingerprint density at radius 3 is 2.86 bits per heavy atom. The van der Waals surface area contributed by atoms with Crippen molar-refractivity contribution >= 4 is 0 Å². The van der Waals surface area contributed by atoms with Crippen LogP contribution in [0.5, 0.6) is 0 Å². The fraction of sp³-hybridized carbons (Fsp3) is 0.833. The van der Waals surface area contributed by atoms with Crippen LogP contribution in [0.1, 0.15) is 46.5 Å². The van der Waals surface area contributed by atoms with Crippen molar-refractivity contribution < 1.29 is 9.84 Å². The Morgan fingerprint density at radius 1 is 1.57 bits per heavy atom. The maximum atomic E-state index is 9.22. The average Bonchev–Trinajstić information content (AvgIpc) is 2.07. The van der Waals surface area contributed by atoms with Gasteiger partial charge in [-0.2, -0.15) is 0 Å². The molecule has 1 rings (SSSR count). The second-order valence-corrected chi connectivity index (χ2v) is 4.45. The molecular formula is C12H22O2. The molecule has 0 aliphatic heterocycles. The minimum absolute atomic E-state index is 0.127. The number of ether oxygens (including phenoxy) is 1. The molecule has 0 saturated carbocycles. The Balaban J connectivity index is 2.38. The number of aliphatic hydroxyl groups is 1. The van der Waals surface area contributed by atoms with Crippen LogP contribution in [0, 0.1) is 5.92 Å². The van der Waals surface area contributed by atoms with Crippen molar-refractivity contribution in [2.75, 3.05) is 0 Å². The molecule has 0 aromatic heterocycles. The van der Waals surface area contributed by atoms with E-state index in [1.165, 1.54) is 12.8 Å². The molecule has 0 spiro atoms. The number of aliphatic hydroxyl groups excluding tert-OH is 1. The molecule has 0 amide bonds. The zero-order valence-electron chi connectivity index (χ0n) is 9.49. The molecule has 14 heavy (non-hydrogen) atoms. The molecule has 0 heterocycles. The first-order chi connectivity index (χ1) is 6.59. The number of rotatable bonds is 4. The Labute approximate surface area is 87.0 Å². The zero-order valence-corrected chi connectivity index (χ0v) is 9.49. The smallest absolute Gasteiger partial charge is 0.0979 e. The summed E-state index contributed by atoms with van der Waals surface area (Å²) in [4.78, 5) is 0. The van der Waals surface area contributed by atoms with E-state index in [-0.39, 0.29) is 12.2 Å². The Morgan fingerprint density at radius 2 is 2.29 bits per heavy atom. The molecule has 0 fully saturated rings. The van der Waals surface area contributed by atoms with E-state index in [0.717, 1.165) is 12.2 Å². The largest absolute Gasteiger partial charge is 0.495 e. The molecule has 1 aliphatic rings. The molecule has 0 radical (unpaired) electrons. The summed E-state index contributed by atoms with van der Waals surface area (Å²) in [6.07, 6.45) is 6.41. The maximum absolute atomic E-state index is 9.22. The first kappa shape index (κ1) is 11.6. The Kier molecular flexibility index (Phi) is 4.46. The summed E-state index contributed by atoms with van der Waals surface area (Å²) < 4.78 is 5.82. The van der Waals surface area contributed by atoms with Crippen LogP contribution in [0.15, 0.2) is 11.8 Å². The van der Waals surface area contributed by atoms with Gasteiger partial charge in [-0.15, -0.1) is 0 Å². The lowest BCUT2D eigenvalue weighted by atomic mass is 9.95. The predicted molar refractivity (Wildman–Crippen MR) is 57.9 cm³/mol. The van der Waals surface area contributed by atoms with E-state index in [9.17, 15) is 5.11 Å². The van der Waals surface area contributed by atoms with Gasteiger partial charge in [0.2, 0.25) is 0 Å². The predicted octanol–water partition coefficient (Wildman–Crippen LogP) is 2.87. The van der Waals surface area contributed by atoms with Crippen molar-refractivity contribution in [3.05, 3.63) is 11.8 Å². The third kappa shape index (κ3) is 3.70. The van der Waals surface area contributed by atoms with Crippen LogP contribution >= 0.6 is 0 Å². The van der Waals surface area contributed by atoms with E-state index in [4.69, 9.17) is 4.74 Å². The summed E-state index contributed by atoms with van der Waals surface area (Å²) in [6.45, 7) is 6.04. The van der Waals surface area contributed by atoms with Crippen LogP contribution in [-0.2, 0) is 4.74 Å². The van der Waals surface area contributed by atoms with E-state index in [1.54, 1.807) is 6.92 Å². The van der Waals surface area contributed by atoms with Gasteiger partial charge in [0.15, 0.2) is 0 Å². The van der Waals surface area contributed by atoms with Gasteiger partial charge in [0.1, 0.15) is 0 Å². The van der Waals surface area contributed by atoms with Crippen LogP contribution < -0.4 is 0 Å². The molecule has 0 aromatic carbocycles. The van der Waals surface area contributed by atoms with Gasteiger partial charge in [0, 0.05) is 12.3 Å². The normalized spacial score (nSPS) is 26.6. The molecule has 82 valence electrons. The molecule has 2 nitrogen and oxygen atoms in total. The molecule has 0 aromatic rings. The van der Waals surface area contributed by atoms with Crippen LogP contribution in [0.25, 0.3) is 0 Å². The standard InChI is InChI=1S/C12H22O2/c1-9-6-4-5-7-12(9)14-11(3)8-10(2)13/h7,9-11,13H,4-6,8H2,1-3H3. The van der Waals surface area contributed by atoms with Gasteiger partial charge in [-0.25, -0.2) is 0 Å². The highest BCUT2D eigenvalue weighted by Crippen LogP contribution is 2.26. The minimum Gasteiger partial charge on any atom is -0.495 e. The summed E-state index contributed by atoms with van der Waals surface area (Å²) in [5.74, 6) is 1.68. The van der Waals surface area contributed by atoms with E-state index < -0.39 is 0 Å². The minimum atomic E-state index is -0.274. The SMILES string of the molecule is CC(O)CC(C)OC1=CCCCC1C. The average molecular weight is 198 g/mol. The molecular weight excluding hydrogens is 176 g/mol. The van der Waals surface area contributed by atoms with Crippen LogP contribution in [0.4, 0.5) is 0 Å². The van der Waals surface area contributed by atoms with Gasteiger partial charge in [0.05, 0.1) is 18.0 Å². The Hall–Kier alpha value is -0.500. The lowest BCUT2D eigenvalue weighted by Gasteiger charge is -2.25. The number of hydrogen-bond acceptors (Lipinski definition) is 2. The van der Waals surface area contributed by atoms with Gasteiger partial charge in [-0.3, -0.25) is 0 Å². The lowest BCUT2D eigenvalue weighted by molar-refractivity contribution is 0.0561. The summed E-state index contributed by atoms with van der Waals surface area (Å²) in [5.41, 5.74) is 0. The van der Waals surface area contributed by atoms with E-state index >= 15 is 0 Å². The van der Waals surface area contributed by atoms with Gasteiger partial charge < -0.3 is 9.84 Å². The van der Waals surface area contributed by atoms with Crippen molar-refractivity contribution in [1.29, 1.82) is 0 Å². The number of hydrogen-bond donors (Lipinski definition) is 1. The quantitative estimate of drug-likeness (QED) is 0.752. The summed E-state index contributed by atoms with van der Waals surface area (Å²) >= 11 is 0. The fourth-order valence-corrected chi connectivity index (χ4v) is 1.94. The van der Waals surface area contributed by atoms with E-state index in [1.807, 2.05) is 6.92 Å². The molecule has 0 bridgehead atoms. The highest BCUT2D eigenvalue weighted by Gasteiger charge is 2.17. The molecule has 0 saturated heterocycles.